The Bertz CT molecular complexity index is 1490. The Kier molecular flexibility index (Phi) is 10.8. The Morgan fingerprint density at radius 2 is 1.58 bits per heavy atom. The van der Waals surface area contributed by atoms with Gasteiger partial charge in [-0.1, -0.05) is 46.8 Å². The van der Waals surface area contributed by atoms with Crippen molar-refractivity contribution in [2.45, 2.75) is 139 Å². The van der Waals surface area contributed by atoms with Crippen molar-refractivity contribution in [2.24, 2.45) is 62.1 Å². The number of allylic oxidation sites excluding steroid dienone is 1. The van der Waals surface area contributed by atoms with E-state index in [1.165, 1.54) is 56.9 Å². The number of aliphatic carboxylic acids is 1. The number of carboxylic acid groups (broad SMARTS) is 1. The van der Waals surface area contributed by atoms with Gasteiger partial charge in [-0.05, 0) is 149 Å². The van der Waals surface area contributed by atoms with Gasteiger partial charge in [-0.3, -0.25) is 9.59 Å². The number of carboxylic acids is 1. The van der Waals surface area contributed by atoms with Crippen LogP contribution in [0.3, 0.4) is 0 Å². The summed E-state index contributed by atoms with van der Waals surface area (Å²) in [5.41, 5.74) is 1.13. The number of nitrogens with one attached hydrogen (secondary N) is 1. The average Bonchev–Trinajstić information content (AvgIpc) is 3.43. The zero-order valence-electron chi connectivity index (χ0n) is 34.0. The maximum atomic E-state index is 13.1. The number of esters is 1. The van der Waals surface area contributed by atoms with Crippen LogP contribution >= 0.6 is 0 Å². The van der Waals surface area contributed by atoms with Crippen LogP contribution in [0.2, 0.25) is 0 Å². The largest absolute Gasteiger partial charge is 0.481 e. The van der Waals surface area contributed by atoms with Crippen molar-refractivity contribution >= 4 is 21.8 Å². The molecule has 1 saturated heterocycles. The minimum Gasteiger partial charge on any atom is -0.481 e. The highest BCUT2D eigenvalue weighted by atomic mass is 32.2. The van der Waals surface area contributed by atoms with Gasteiger partial charge in [0.1, 0.15) is 6.10 Å². The molecule has 296 valence electrons. The second-order valence-electron chi connectivity index (χ2n) is 20.7. The summed E-state index contributed by atoms with van der Waals surface area (Å²) in [5.74, 6) is 2.30. The fourth-order valence-corrected chi connectivity index (χ4v) is 15.5. The molecule has 6 rings (SSSR count). The summed E-state index contributed by atoms with van der Waals surface area (Å²) in [6, 6.07) is 0. The Labute approximate surface area is 316 Å². The number of carbonyl (C=O) groups is 2. The highest BCUT2D eigenvalue weighted by molar-refractivity contribution is 7.91. The Morgan fingerprint density at radius 3 is 2.23 bits per heavy atom. The van der Waals surface area contributed by atoms with Crippen molar-refractivity contribution in [3.63, 3.8) is 0 Å². The van der Waals surface area contributed by atoms with Gasteiger partial charge < -0.3 is 20.1 Å². The third-order valence-corrected chi connectivity index (χ3v) is 19.1. The van der Waals surface area contributed by atoms with Crippen molar-refractivity contribution in [1.29, 1.82) is 0 Å². The van der Waals surface area contributed by atoms with Crippen LogP contribution in [-0.4, -0.2) is 80.7 Å². The van der Waals surface area contributed by atoms with E-state index in [0.29, 0.717) is 59.6 Å². The van der Waals surface area contributed by atoms with Crippen LogP contribution in [0.25, 0.3) is 0 Å². The number of nitrogens with zero attached hydrogens (tertiary/aromatic N) is 1. The lowest BCUT2D eigenvalue weighted by atomic mass is 9.32. The molecule has 0 bridgehead atoms. The smallest absolute Gasteiger partial charge is 0.309 e. The van der Waals surface area contributed by atoms with Gasteiger partial charge in [0.2, 0.25) is 0 Å². The highest BCUT2D eigenvalue weighted by Gasteiger charge is 2.71. The molecule has 0 aromatic heterocycles. The quantitative estimate of drug-likeness (QED) is 0.125. The molecule has 2 N–H and O–H groups in total. The summed E-state index contributed by atoms with van der Waals surface area (Å²) < 4.78 is 29.9. The fourth-order valence-electron chi connectivity index (χ4n) is 14.2. The number of hydrogen-bond acceptors (Lipinski definition) is 7. The highest BCUT2D eigenvalue weighted by Crippen LogP contribution is 2.78. The molecule has 6 fully saturated rings. The van der Waals surface area contributed by atoms with Crippen molar-refractivity contribution in [3.8, 4) is 0 Å². The van der Waals surface area contributed by atoms with Crippen LogP contribution in [0, 0.1) is 62.1 Å². The molecule has 6 aliphatic rings. The average molecular weight is 745 g/mol. The zero-order chi connectivity index (χ0) is 38.1. The molecule has 52 heavy (non-hydrogen) atoms. The molecule has 0 unspecified atom stereocenters. The number of fused-ring (bicyclic) bond motifs is 7. The molecule has 5 aliphatic carbocycles. The second kappa shape index (κ2) is 13.9. The zero-order valence-corrected chi connectivity index (χ0v) is 34.8. The van der Waals surface area contributed by atoms with Crippen molar-refractivity contribution < 1.29 is 27.9 Å². The molecule has 0 amide bonds. The molecule has 0 aromatic rings. The molecule has 8 nitrogen and oxygen atoms in total. The Balaban J connectivity index is 1.16. The SMILES string of the molecule is C=C(C)[C@@H]1CC[C@]2(CCNCCN3CCS(=O)(=O)CC3)CC[C@]3(C)[C@H](CC[C@@H]4[C@@]5(C)CC[C@H](OC(=O)CC(C)(C)C(=O)O)C(C)(C)[C@@H]5CC[C@]43C)[C@@H]12. The van der Waals surface area contributed by atoms with Gasteiger partial charge in [0.05, 0.1) is 23.3 Å². The van der Waals surface area contributed by atoms with E-state index in [2.05, 4.69) is 58.3 Å². The lowest BCUT2D eigenvalue weighted by molar-refractivity contribution is -0.250. The van der Waals surface area contributed by atoms with Gasteiger partial charge in [0.25, 0.3) is 0 Å². The van der Waals surface area contributed by atoms with Crippen molar-refractivity contribution in [2.75, 3.05) is 44.2 Å². The number of hydrogen-bond donors (Lipinski definition) is 2. The van der Waals surface area contributed by atoms with E-state index in [9.17, 15) is 23.1 Å². The van der Waals surface area contributed by atoms with Gasteiger partial charge in [-0.15, -0.1) is 0 Å². The minimum atomic E-state index is -2.84. The molecule has 1 heterocycles. The maximum Gasteiger partial charge on any atom is 0.309 e. The molecule has 0 aromatic carbocycles. The van der Waals surface area contributed by atoms with E-state index in [0.717, 1.165) is 38.9 Å². The molecule has 0 spiro atoms. The van der Waals surface area contributed by atoms with E-state index in [-0.39, 0.29) is 40.2 Å². The molecular weight excluding hydrogens is 673 g/mol. The van der Waals surface area contributed by atoms with Crippen LogP contribution in [0.15, 0.2) is 12.2 Å². The lowest BCUT2D eigenvalue weighted by Crippen LogP contribution is -2.66. The van der Waals surface area contributed by atoms with Gasteiger partial charge in [-0.25, -0.2) is 8.42 Å². The van der Waals surface area contributed by atoms with Crippen LogP contribution < -0.4 is 5.32 Å². The van der Waals surface area contributed by atoms with Gasteiger partial charge >= 0.3 is 11.9 Å². The van der Waals surface area contributed by atoms with Crippen LogP contribution in [-0.2, 0) is 24.2 Å². The topological polar surface area (TPSA) is 113 Å². The first-order valence-corrected chi connectivity index (χ1v) is 22.7. The first kappa shape index (κ1) is 40.2. The predicted molar refractivity (Wildman–Crippen MR) is 207 cm³/mol. The standard InChI is InChI=1S/C43H72N2O6S/c1-29(2)30-12-17-43(20-21-44-22-23-45-24-26-52(49,50)27-25-45)19-18-41(8)31(36(30)43)10-11-33-40(7)15-14-34(51-35(46)28-38(3,4)37(47)48)39(5,6)32(40)13-16-42(33,41)9/h30-34,36,44H,1,10-28H2,2-9H3,(H,47,48)/t30-,31+,32-,33+,34-,36+,40-,41+,42+,43+/m0/s1. The third kappa shape index (κ3) is 6.75. The molecule has 10 atom stereocenters. The van der Waals surface area contributed by atoms with Crippen molar-refractivity contribution in [1.82, 2.24) is 10.2 Å². The van der Waals surface area contributed by atoms with E-state index in [1.54, 1.807) is 13.8 Å². The van der Waals surface area contributed by atoms with Crippen LogP contribution in [0.5, 0.6) is 0 Å². The first-order valence-electron chi connectivity index (χ1n) is 20.8. The summed E-state index contributed by atoms with van der Waals surface area (Å²) in [4.78, 5) is 27.1. The van der Waals surface area contributed by atoms with E-state index in [4.69, 9.17) is 4.74 Å². The summed E-state index contributed by atoms with van der Waals surface area (Å²) >= 11 is 0. The molecule has 1 aliphatic heterocycles. The normalized spacial score (nSPS) is 42.6. The lowest BCUT2D eigenvalue weighted by Gasteiger charge is -2.73. The van der Waals surface area contributed by atoms with Gasteiger partial charge in [-0.2, -0.15) is 0 Å². The summed E-state index contributed by atoms with van der Waals surface area (Å²) in [7, 11) is -2.84. The fraction of sp³-hybridized carbons (Fsp3) is 0.907. The minimum absolute atomic E-state index is 0.103. The molecular formula is C43H72N2O6S. The maximum absolute atomic E-state index is 13.1. The summed E-state index contributed by atoms with van der Waals surface area (Å²) in [6.45, 7) is 26.9. The number of ether oxygens (including phenoxy) is 1. The third-order valence-electron chi connectivity index (χ3n) is 17.5. The van der Waals surface area contributed by atoms with Crippen LogP contribution in [0.1, 0.15) is 132 Å². The van der Waals surface area contributed by atoms with Gasteiger partial charge in [0, 0.05) is 31.6 Å². The number of sulfone groups is 1. The molecule has 0 radical (unpaired) electrons. The molecule has 9 heteroatoms. The van der Waals surface area contributed by atoms with E-state index in [1.807, 2.05) is 0 Å². The van der Waals surface area contributed by atoms with E-state index < -0.39 is 21.2 Å². The van der Waals surface area contributed by atoms with E-state index >= 15 is 0 Å². The predicted octanol–water partition coefficient (Wildman–Crippen LogP) is 7.77. The Morgan fingerprint density at radius 1 is 0.885 bits per heavy atom. The monoisotopic (exact) mass is 745 g/mol. The number of rotatable bonds is 11. The Hall–Kier alpha value is -1.45. The first-order chi connectivity index (χ1) is 24.1. The van der Waals surface area contributed by atoms with Crippen LogP contribution in [0.4, 0.5) is 0 Å². The van der Waals surface area contributed by atoms with Gasteiger partial charge in [0.15, 0.2) is 9.84 Å². The second-order valence-corrected chi connectivity index (χ2v) is 23.0. The summed E-state index contributed by atoms with van der Waals surface area (Å²) in [5, 5.41) is 13.4. The summed E-state index contributed by atoms with van der Waals surface area (Å²) in [6.07, 6.45) is 13.0. The molecule has 5 saturated carbocycles. The van der Waals surface area contributed by atoms with Crippen molar-refractivity contribution in [3.05, 3.63) is 12.2 Å². The number of carbonyl (C=O) groups excluding carboxylic acids is 1.